The number of fused-ring (bicyclic) bond motifs is 1. The van der Waals surface area contributed by atoms with E-state index in [-0.39, 0.29) is 30.8 Å². The van der Waals surface area contributed by atoms with Crippen LogP contribution in [0.25, 0.3) is 0 Å². The molecule has 0 aromatic heterocycles. The van der Waals surface area contributed by atoms with Crippen molar-refractivity contribution in [2.24, 2.45) is 29.6 Å². The van der Waals surface area contributed by atoms with Gasteiger partial charge in [0.25, 0.3) is 23.4 Å². The van der Waals surface area contributed by atoms with E-state index in [0.717, 1.165) is 12.8 Å². The number of hydrogen-bond acceptors (Lipinski definition) is 5. The third-order valence-electron chi connectivity index (χ3n) is 8.63. The Morgan fingerprint density at radius 2 is 1.90 bits per heavy atom. The van der Waals surface area contributed by atoms with Crippen LogP contribution in [0.1, 0.15) is 52.4 Å². The van der Waals surface area contributed by atoms with Crippen molar-refractivity contribution < 1.29 is 37.1 Å². The van der Waals surface area contributed by atoms with Gasteiger partial charge in [0.15, 0.2) is 0 Å². The molecule has 10 nitrogen and oxygen atoms in total. The monoisotopic (exact) mass is 577 g/mol. The Morgan fingerprint density at radius 1 is 1.21 bits per heavy atom. The van der Waals surface area contributed by atoms with Gasteiger partial charge in [-0.2, -0.15) is 0 Å². The molecule has 2 saturated heterocycles. The summed E-state index contributed by atoms with van der Waals surface area (Å²) in [5.41, 5.74) is -0.0506. The zero-order valence-electron chi connectivity index (χ0n) is 21.9. The molecular formula is C25H35ClF3N5O5. The van der Waals surface area contributed by atoms with E-state index in [1.807, 2.05) is 0 Å². The van der Waals surface area contributed by atoms with E-state index in [1.165, 1.54) is 4.90 Å². The van der Waals surface area contributed by atoms with Crippen LogP contribution >= 0.6 is 11.6 Å². The van der Waals surface area contributed by atoms with Gasteiger partial charge in [-0.3, -0.25) is 29.4 Å². The zero-order chi connectivity index (χ0) is 28.6. The molecule has 2 aliphatic carbocycles. The molecule has 0 unspecified atom stereocenters. The number of nitrogens with zero attached hydrogens (tertiary/aromatic N) is 2. The minimum Gasteiger partial charge on any atom is -0.356 e. The fraction of sp³-hybridized carbons (Fsp3) is 0.800. The van der Waals surface area contributed by atoms with Crippen molar-refractivity contribution in [3.05, 3.63) is 0 Å². The second-order valence-corrected chi connectivity index (χ2v) is 11.6. The largest absolute Gasteiger partial charge is 0.356 e. The summed E-state index contributed by atoms with van der Waals surface area (Å²) in [6.45, 7) is 3.83. The summed E-state index contributed by atoms with van der Waals surface area (Å²) >= 11 is 5.38. The maximum Gasteiger partial charge on any atom is 0.291 e. The van der Waals surface area contributed by atoms with Crippen molar-refractivity contribution in [1.29, 1.82) is 0 Å². The lowest BCUT2D eigenvalue weighted by Crippen LogP contribution is -2.60. The Labute approximate surface area is 229 Å². The van der Waals surface area contributed by atoms with E-state index in [9.17, 15) is 37.1 Å². The molecule has 8 atom stereocenters. The summed E-state index contributed by atoms with van der Waals surface area (Å²) in [4.78, 5) is 65.8. The van der Waals surface area contributed by atoms with Gasteiger partial charge in [-0.1, -0.05) is 38.3 Å². The molecule has 0 bridgehead atoms. The van der Waals surface area contributed by atoms with E-state index in [0.29, 0.717) is 30.8 Å². The molecule has 39 heavy (non-hydrogen) atoms. The molecular weight excluding hydrogens is 543 g/mol. The fourth-order valence-electron chi connectivity index (χ4n) is 6.03. The normalized spacial score (nSPS) is 31.1. The summed E-state index contributed by atoms with van der Waals surface area (Å²) in [6, 6.07) is -2.15. The van der Waals surface area contributed by atoms with Crippen molar-refractivity contribution in [2.45, 2.75) is 76.0 Å². The smallest absolute Gasteiger partial charge is 0.291 e. The summed E-state index contributed by atoms with van der Waals surface area (Å²) < 4.78 is 40.8. The van der Waals surface area contributed by atoms with Crippen LogP contribution in [0.2, 0.25) is 0 Å². The van der Waals surface area contributed by atoms with E-state index < -0.39 is 71.4 Å². The quantitative estimate of drug-likeness (QED) is 0.281. The zero-order valence-corrected chi connectivity index (χ0v) is 22.7. The SMILES string of the molecule is CC[C@H](C)[C@H](NC(=O)[C@H]1CC1(F)F)C(=O)N1C[C@@H]2CCC[C@@H]2[C@H]1C(=O)NN(C[C@@H]1CCNC1=O)C(=O)[C@H](F)Cl. The van der Waals surface area contributed by atoms with Crippen molar-refractivity contribution >= 4 is 41.1 Å². The standard InChI is InChI=1S/C25H35ClF3N5O5/c1-3-12(2)17(31-21(36)16-9-25(16,28)29)23(38)33-10-13-5-4-6-15(13)18(33)22(37)32-34(24(39)19(26)27)11-14-7-8-30-20(14)35/h12-19H,3-11H2,1-2H3,(H,30,35)(H,31,36)(H,32,37)/t12-,13-,14-,15-,16+,17-,18-,19-/m0/s1. The number of alkyl halides is 4. The molecule has 2 aliphatic heterocycles. The Morgan fingerprint density at radius 3 is 2.46 bits per heavy atom. The number of hydrogen-bond donors (Lipinski definition) is 3. The summed E-state index contributed by atoms with van der Waals surface area (Å²) in [5.74, 6) is -9.66. The highest BCUT2D eigenvalue weighted by atomic mass is 35.5. The summed E-state index contributed by atoms with van der Waals surface area (Å²) in [7, 11) is 0. The van der Waals surface area contributed by atoms with Gasteiger partial charge in [-0.15, -0.1) is 0 Å². The lowest BCUT2D eigenvalue weighted by atomic mass is 9.93. The van der Waals surface area contributed by atoms with E-state index >= 15 is 0 Å². The van der Waals surface area contributed by atoms with Gasteiger partial charge in [0.2, 0.25) is 17.7 Å². The predicted octanol–water partition coefficient (Wildman–Crippen LogP) is 1.33. The van der Waals surface area contributed by atoms with Gasteiger partial charge >= 0.3 is 0 Å². The van der Waals surface area contributed by atoms with Gasteiger partial charge < -0.3 is 15.5 Å². The molecule has 218 valence electrons. The van der Waals surface area contributed by atoms with Crippen LogP contribution in [0.3, 0.4) is 0 Å². The van der Waals surface area contributed by atoms with Crippen LogP contribution in [-0.2, 0) is 24.0 Å². The highest BCUT2D eigenvalue weighted by Crippen LogP contribution is 2.49. The van der Waals surface area contributed by atoms with Crippen molar-refractivity contribution in [1.82, 2.24) is 26.0 Å². The maximum absolute atomic E-state index is 13.8. The average Bonchev–Trinajstić information content (AvgIpc) is 3.27. The van der Waals surface area contributed by atoms with Crippen molar-refractivity contribution in [3.8, 4) is 0 Å². The first-order chi connectivity index (χ1) is 18.4. The number of rotatable bonds is 9. The number of carbonyl (C=O) groups is 5. The van der Waals surface area contributed by atoms with Gasteiger partial charge in [0, 0.05) is 19.5 Å². The Bertz CT molecular complexity index is 1020. The molecule has 4 aliphatic rings. The highest BCUT2D eigenvalue weighted by molar-refractivity contribution is 6.29. The number of hydrazine groups is 1. The van der Waals surface area contributed by atoms with Crippen molar-refractivity contribution in [3.63, 3.8) is 0 Å². The second kappa shape index (κ2) is 11.5. The van der Waals surface area contributed by atoms with Gasteiger partial charge in [0.05, 0.1) is 12.5 Å². The minimum absolute atomic E-state index is 0.00235. The maximum atomic E-state index is 13.8. The molecule has 2 heterocycles. The molecule has 0 spiro atoms. The van der Waals surface area contributed by atoms with E-state index in [1.54, 1.807) is 13.8 Å². The lowest BCUT2D eigenvalue weighted by molar-refractivity contribution is -0.150. The van der Waals surface area contributed by atoms with Crippen LogP contribution in [0.15, 0.2) is 0 Å². The number of halogens is 4. The summed E-state index contributed by atoms with van der Waals surface area (Å²) in [5, 5.41) is 5.81. The van der Waals surface area contributed by atoms with Crippen LogP contribution in [0, 0.1) is 29.6 Å². The Kier molecular flexibility index (Phi) is 8.67. The number of amides is 5. The van der Waals surface area contributed by atoms with Crippen LogP contribution < -0.4 is 16.1 Å². The number of carbonyl (C=O) groups excluding carboxylic acids is 5. The minimum atomic E-state index is -3.09. The molecule has 0 aromatic carbocycles. The fourth-order valence-corrected chi connectivity index (χ4v) is 6.15. The second-order valence-electron chi connectivity index (χ2n) is 11.2. The first kappa shape index (κ1) is 29.4. The van der Waals surface area contributed by atoms with Gasteiger partial charge in [-0.05, 0) is 37.0 Å². The molecule has 3 N–H and O–H groups in total. The van der Waals surface area contributed by atoms with Crippen LogP contribution in [0.5, 0.6) is 0 Å². The average molecular weight is 578 g/mol. The lowest BCUT2D eigenvalue weighted by Gasteiger charge is -2.34. The van der Waals surface area contributed by atoms with Crippen LogP contribution in [-0.4, -0.2) is 82.7 Å². The summed E-state index contributed by atoms with van der Waals surface area (Å²) in [6.07, 6.45) is 2.52. The predicted molar refractivity (Wildman–Crippen MR) is 132 cm³/mol. The molecule has 0 aromatic rings. The Hall–Kier alpha value is -2.57. The molecule has 0 radical (unpaired) electrons. The third-order valence-corrected chi connectivity index (χ3v) is 8.81. The molecule has 5 amide bonds. The van der Waals surface area contributed by atoms with E-state index in [2.05, 4.69) is 16.1 Å². The third kappa shape index (κ3) is 6.12. The van der Waals surface area contributed by atoms with E-state index in [4.69, 9.17) is 11.6 Å². The number of likely N-dealkylation sites (tertiary alicyclic amines) is 1. The first-order valence-corrected chi connectivity index (χ1v) is 14.0. The highest BCUT2D eigenvalue weighted by Gasteiger charge is 2.62. The number of nitrogens with one attached hydrogen (secondary N) is 3. The Balaban J connectivity index is 1.54. The van der Waals surface area contributed by atoms with Gasteiger partial charge in [0.1, 0.15) is 18.0 Å². The van der Waals surface area contributed by atoms with Crippen LogP contribution in [0.4, 0.5) is 13.2 Å². The molecule has 2 saturated carbocycles. The molecule has 4 fully saturated rings. The molecule has 14 heteroatoms. The van der Waals surface area contributed by atoms with Crippen molar-refractivity contribution in [2.75, 3.05) is 19.6 Å². The van der Waals surface area contributed by atoms with Gasteiger partial charge in [-0.25, -0.2) is 18.2 Å². The first-order valence-electron chi connectivity index (χ1n) is 13.5. The topological polar surface area (TPSA) is 128 Å². The molecule has 4 rings (SSSR count).